The molecule has 1 aromatic heterocycles. The third-order valence-electron chi connectivity index (χ3n) is 3.14. The molecule has 2 atom stereocenters. The summed E-state index contributed by atoms with van der Waals surface area (Å²) in [4.78, 5) is 6.77. The molecular weight excluding hydrogens is 218 g/mol. The van der Waals surface area contributed by atoms with Crippen LogP contribution in [-0.2, 0) is 11.2 Å². The first-order valence-electron chi connectivity index (χ1n) is 6.38. The highest BCUT2D eigenvalue weighted by molar-refractivity contribution is 4.93. The molecule has 1 aliphatic heterocycles. The van der Waals surface area contributed by atoms with Gasteiger partial charge in [-0.3, -0.25) is 4.90 Å². The molecule has 2 heterocycles. The highest BCUT2D eigenvalue weighted by atomic mass is 16.5. The van der Waals surface area contributed by atoms with Crippen molar-refractivity contribution in [1.82, 2.24) is 15.0 Å². The van der Waals surface area contributed by atoms with Gasteiger partial charge in [-0.2, -0.15) is 4.98 Å². The van der Waals surface area contributed by atoms with E-state index >= 15 is 0 Å². The van der Waals surface area contributed by atoms with E-state index in [1.54, 1.807) is 0 Å². The normalized spacial score (nSPS) is 23.8. The number of hydrogen-bond acceptors (Lipinski definition) is 5. The molecule has 5 heteroatoms. The van der Waals surface area contributed by atoms with E-state index < -0.39 is 0 Å². The molecule has 1 fully saturated rings. The van der Waals surface area contributed by atoms with Crippen LogP contribution in [0, 0.1) is 0 Å². The summed E-state index contributed by atoms with van der Waals surface area (Å²) in [5.74, 6) is 1.54. The Morgan fingerprint density at radius 1 is 1.53 bits per heavy atom. The predicted octanol–water partition coefficient (Wildman–Crippen LogP) is 1.80. The molecule has 0 radical (unpaired) electrons. The third kappa shape index (κ3) is 3.04. The minimum Gasteiger partial charge on any atom is -0.376 e. The Kier molecular flexibility index (Phi) is 4.12. The zero-order valence-electron chi connectivity index (χ0n) is 10.8. The van der Waals surface area contributed by atoms with Crippen molar-refractivity contribution in [2.24, 2.45) is 0 Å². The Bertz CT molecular complexity index is 353. The summed E-state index contributed by atoms with van der Waals surface area (Å²) in [6, 6.07) is 0.180. The van der Waals surface area contributed by atoms with Crippen molar-refractivity contribution in [3.05, 3.63) is 11.7 Å². The van der Waals surface area contributed by atoms with E-state index in [-0.39, 0.29) is 12.1 Å². The Hall–Kier alpha value is -0.940. The minimum absolute atomic E-state index is 0.180. The van der Waals surface area contributed by atoms with Crippen molar-refractivity contribution in [2.45, 2.75) is 45.8 Å². The maximum absolute atomic E-state index is 5.53. The van der Waals surface area contributed by atoms with Crippen LogP contribution in [-0.4, -0.2) is 40.8 Å². The second-order valence-corrected chi connectivity index (χ2v) is 4.65. The second kappa shape index (κ2) is 5.60. The molecule has 1 aliphatic rings. The molecule has 1 aromatic rings. The smallest absolute Gasteiger partial charge is 0.243 e. The lowest BCUT2D eigenvalue weighted by molar-refractivity contribution is -0.0361. The van der Waals surface area contributed by atoms with Crippen molar-refractivity contribution in [1.29, 1.82) is 0 Å². The molecular formula is C12H21N3O2. The molecule has 0 aliphatic carbocycles. The van der Waals surface area contributed by atoms with Gasteiger partial charge >= 0.3 is 0 Å². The van der Waals surface area contributed by atoms with Gasteiger partial charge in [-0.25, -0.2) is 0 Å². The second-order valence-electron chi connectivity index (χ2n) is 4.65. The summed E-state index contributed by atoms with van der Waals surface area (Å²) in [5.41, 5.74) is 0. The van der Waals surface area contributed by atoms with E-state index in [9.17, 15) is 0 Å². The molecule has 0 bridgehead atoms. The number of aryl methyl sites for hydroxylation is 1. The lowest BCUT2D eigenvalue weighted by Crippen LogP contribution is -2.42. The van der Waals surface area contributed by atoms with Gasteiger partial charge in [0.1, 0.15) is 0 Å². The van der Waals surface area contributed by atoms with E-state index in [0.29, 0.717) is 0 Å². The highest BCUT2D eigenvalue weighted by Gasteiger charge is 2.25. The Morgan fingerprint density at radius 2 is 2.35 bits per heavy atom. The maximum atomic E-state index is 5.53. The highest BCUT2D eigenvalue weighted by Crippen LogP contribution is 2.21. The zero-order valence-corrected chi connectivity index (χ0v) is 10.8. The fraction of sp³-hybridized carbons (Fsp3) is 0.833. The van der Waals surface area contributed by atoms with Crippen LogP contribution in [0.25, 0.3) is 0 Å². The van der Waals surface area contributed by atoms with Gasteiger partial charge in [0, 0.05) is 19.5 Å². The molecule has 1 saturated heterocycles. The third-order valence-corrected chi connectivity index (χ3v) is 3.14. The quantitative estimate of drug-likeness (QED) is 0.802. The van der Waals surface area contributed by atoms with Crippen molar-refractivity contribution in [3.8, 4) is 0 Å². The fourth-order valence-electron chi connectivity index (χ4n) is 2.12. The largest absolute Gasteiger partial charge is 0.376 e. The van der Waals surface area contributed by atoms with Crippen LogP contribution in [0.3, 0.4) is 0 Å². The monoisotopic (exact) mass is 239 g/mol. The lowest BCUT2D eigenvalue weighted by Gasteiger charge is -2.33. The van der Waals surface area contributed by atoms with Gasteiger partial charge in [0.15, 0.2) is 5.82 Å². The van der Waals surface area contributed by atoms with E-state index in [1.807, 2.05) is 0 Å². The van der Waals surface area contributed by atoms with E-state index in [0.717, 1.165) is 44.3 Å². The van der Waals surface area contributed by atoms with E-state index in [2.05, 4.69) is 35.8 Å². The molecule has 0 saturated carbocycles. The first-order chi connectivity index (χ1) is 8.20. The van der Waals surface area contributed by atoms with Gasteiger partial charge in [-0.1, -0.05) is 12.1 Å². The minimum atomic E-state index is 0.180. The molecule has 2 rings (SSSR count). The number of hydrogen-bond donors (Lipinski definition) is 0. The predicted molar refractivity (Wildman–Crippen MR) is 63.7 cm³/mol. The average molecular weight is 239 g/mol. The summed E-state index contributed by atoms with van der Waals surface area (Å²) < 4.78 is 10.9. The first kappa shape index (κ1) is 12.5. The molecule has 17 heavy (non-hydrogen) atoms. The molecule has 0 amide bonds. The average Bonchev–Trinajstić information content (AvgIpc) is 2.77. The summed E-state index contributed by atoms with van der Waals surface area (Å²) in [6.07, 6.45) is 2.21. The van der Waals surface area contributed by atoms with Crippen LogP contribution >= 0.6 is 0 Å². The van der Waals surface area contributed by atoms with Crippen molar-refractivity contribution >= 4 is 0 Å². The molecule has 2 unspecified atom stereocenters. The van der Waals surface area contributed by atoms with Crippen molar-refractivity contribution < 1.29 is 9.26 Å². The maximum Gasteiger partial charge on any atom is 0.243 e. The summed E-state index contributed by atoms with van der Waals surface area (Å²) in [5, 5.41) is 4.00. The number of nitrogens with zero attached hydrogens (tertiary/aromatic N) is 3. The zero-order chi connectivity index (χ0) is 12.3. The van der Waals surface area contributed by atoms with Gasteiger partial charge in [-0.15, -0.1) is 0 Å². The number of aromatic nitrogens is 2. The van der Waals surface area contributed by atoms with Gasteiger partial charge in [-0.05, 0) is 20.3 Å². The van der Waals surface area contributed by atoms with E-state index in [4.69, 9.17) is 9.26 Å². The standard InChI is InChI=1S/C12H21N3O2/c1-4-5-11-13-12(17-14-11)10(3)15-6-7-16-9(2)8-15/h9-10H,4-8H2,1-3H3. The van der Waals surface area contributed by atoms with Gasteiger partial charge in [0.05, 0.1) is 18.8 Å². The summed E-state index contributed by atoms with van der Waals surface area (Å²) in [7, 11) is 0. The number of rotatable bonds is 4. The van der Waals surface area contributed by atoms with Crippen LogP contribution in [0.5, 0.6) is 0 Å². The van der Waals surface area contributed by atoms with Crippen LogP contribution in [0.1, 0.15) is 44.9 Å². The Morgan fingerprint density at radius 3 is 3.06 bits per heavy atom. The van der Waals surface area contributed by atoms with Crippen LogP contribution in [0.4, 0.5) is 0 Å². The summed E-state index contributed by atoms with van der Waals surface area (Å²) in [6.45, 7) is 8.95. The number of morpholine rings is 1. The summed E-state index contributed by atoms with van der Waals surface area (Å²) >= 11 is 0. The lowest BCUT2D eigenvalue weighted by atomic mass is 10.2. The molecule has 96 valence electrons. The molecule has 5 nitrogen and oxygen atoms in total. The molecule has 0 aromatic carbocycles. The molecule has 0 spiro atoms. The topological polar surface area (TPSA) is 51.4 Å². The first-order valence-corrected chi connectivity index (χ1v) is 6.38. The Labute approximate surface area is 102 Å². The van der Waals surface area contributed by atoms with Crippen LogP contribution < -0.4 is 0 Å². The van der Waals surface area contributed by atoms with Crippen LogP contribution in [0.2, 0.25) is 0 Å². The van der Waals surface area contributed by atoms with Gasteiger partial charge in [0.2, 0.25) is 5.89 Å². The van der Waals surface area contributed by atoms with E-state index in [1.165, 1.54) is 0 Å². The molecule has 0 N–H and O–H groups in total. The number of ether oxygens (including phenoxy) is 1. The SMILES string of the molecule is CCCc1noc(C(C)N2CCOC(C)C2)n1. The van der Waals surface area contributed by atoms with Crippen molar-refractivity contribution in [3.63, 3.8) is 0 Å². The van der Waals surface area contributed by atoms with Crippen molar-refractivity contribution in [2.75, 3.05) is 19.7 Å². The Balaban J connectivity index is 1.99. The van der Waals surface area contributed by atoms with Gasteiger partial charge < -0.3 is 9.26 Å². The van der Waals surface area contributed by atoms with Gasteiger partial charge in [0.25, 0.3) is 0 Å². The fourth-order valence-corrected chi connectivity index (χ4v) is 2.12. The van der Waals surface area contributed by atoms with Crippen LogP contribution in [0.15, 0.2) is 4.52 Å².